The number of nitrogens with one attached hydrogen (secondary N) is 2. The van der Waals surface area contributed by atoms with Crippen molar-refractivity contribution in [3.05, 3.63) is 41.6 Å². The van der Waals surface area contributed by atoms with E-state index < -0.39 is 79.3 Å². The van der Waals surface area contributed by atoms with Crippen molar-refractivity contribution in [1.82, 2.24) is 24.8 Å². The number of methoxy groups -OCH3 is 1. The Morgan fingerprint density at radius 1 is 1.12 bits per heavy atom. The molecule has 3 N–H and O–H groups in total. The number of fused-ring (bicyclic) bond motifs is 5. The Hall–Kier alpha value is -4.47. The predicted molar refractivity (Wildman–Crippen MR) is 216 cm³/mol. The van der Waals surface area contributed by atoms with E-state index >= 15 is 9.18 Å². The van der Waals surface area contributed by atoms with Crippen molar-refractivity contribution in [2.45, 2.75) is 145 Å². The van der Waals surface area contributed by atoms with Crippen LogP contribution in [0.25, 0.3) is 10.9 Å². The summed E-state index contributed by atoms with van der Waals surface area (Å²) < 4.78 is 57.3. The van der Waals surface area contributed by atoms with Crippen molar-refractivity contribution >= 4 is 44.7 Å². The second-order valence-corrected chi connectivity index (χ2v) is 21.4. The normalized spacial score (nSPS) is 31.1. The van der Waals surface area contributed by atoms with Crippen LogP contribution < -0.4 is 19.5 Å². The highest BCUT2D eigenvalue weighted by molar-refractivity contribution is 7.91. The first kappa shape index (κ1) is 41.3. The van der Waals surface area contributed by atoms with Gasteiger partial charge in [0.05, 0.1) is 29.6 Å². The van der Waals surface area contributed by atoms with Gasteiger partial charge in [0.15, 0.2) is 0 Å². The fourth-order valence-electron chi connectivity index (χ4n) is 9.30. The first-order valence-electron chi connectivity index (χ1n) is 21.0. The molecule has 6 atom stereocenters. The molecular formula is C43H56FN5O9S. The number of hydrogen-bond acceptors (Lipinski definition) is 9. The van der Waals surface area contributed by atoms with Crippen LogP contribution in [0.5, 0.6) is 11.5 Å². The van der Waals surface area contributed by atoms with Gasteiger partial charge in [0.1, 0.15) is 40.9 Å². The first-order chi connectivity index (χ1) is 27.8. The van der Waals surface area contributed by atoms with E-state index in [1.165, 1.54) is 12.0 Å². The number of pyridine rings is 1. The molecule has 4 amide bonds. The Balaban J connectivity index is 1.20. The molecule has 16 heteroatoms. The maximum Gasteiger partial charge on any atom is 0.407 e. The number of carbonyl (C=O) groups is 4. The lowest BCUT2D eigenvalue weighted by Gasteiger charge is -2.39. The summed E-state index contributed by atoms with van der Waals surface area (Å²) in [7, 11) is -2.53. The summed E-state index contributed by atoms with van der Waals surface area (Å²) >= 11 is 0. The summed E-state index contributed by atoms with van der Waals surface area (Å²) in [5.74, 6) is -1.82. The number of alkyl halides is 1. The molecule has 3 saturated carbocycles. The van der Waals surface area contributed by atoms with Crippen LogP contribution in [0.15, 0.2) is 30.4 Å². The molecule has 0 bridgehead atoms. The number of ether oxygens (including phenoxy) is 2. The summed E-state index contributed by atoms with van der Waals surface area (Å²) in [6.45, 7) is 7.03. The van der Waals surface area contributed by atoms with Crippen LogP contribution in [-0.4, -0.2) is 100 Å². The molecule has 1 saturated heterocycles. The lowest BCUT2D eigenvalue weighted by atomic mass is 9.85. The molecule has 2 aromatic rings. The number of carbonyl (C=O) groups excluding carboxylic acids is 3. The van der Waals surface area contributed by atoms with Gasteiger partial charge in [-0.25, -0.2) is 22.6 Å². The minimum Gasteiger partial charge on any atom is -0.497 e. The van der Waals surface area contributed by atoms with Crippen molar-refractivity contribution in [3.63, 3.8) is 0 Å². The van der Waals surface area contributed by atoms with Crippen LogP contribution in [0, 0.1) is 11.3 Å². The van der Waals surface area contributed by atoms with E-state index in [9.17, 15) is 27.9 Å². The SMILES string of the molecule is COc1ccc2nc(C3CC3)c3c(c2c1)[C@H](F)C[C@]1(C[C@H]2C(=O)N[C@]4(C(=O)NS(=O)(=O)C5(C)CC5)C[C@H]4/C=C\CCCCC[C@H](N(CC(C)(C)C)C(=O)O)C(=O)N2C1)O3. The van der Waals surface area contributed by atoms with Crippen molar-refractivity contribution < 1.29 is 46.6 Å². The van der Waals surface area contributed by atoms with E-state index in [2.05, 4.69) is 10.0 Å². The third kappa shape index (κ3) is 7.74. The number of amides is 4. The minimum absolute atomic E-state index is 0.0407. The summed E-state index contributed by atoms with van der Waals surface area (Å²) in [5.41, 5.74) is -1.98. The molecule has 6 aliphatic rings. The fourth-order valence-corrected chi connectivity index (χ4v) is 10.6. The maximum atomic E-state index is 17.1. The van der Waals surface area contributed by atoms with Gasteiger partial charge in [-0.15, -0.1) is 0 Å². The molecule has 0 unspecified atom stereocenters. The van der Waals surface area contributed by atoms with E-state index in [1.54, 1.807) is 25.1 Å². The Kier molecular flexibility index (Phi) is 10.2. The zero-order valence-corrected chi connectivity index (χ0v) is 35.3. The second kappa shape index (κ2) is 14.6. The number of rotatable bonds is 7. The Morgan fingerprint density at radius 3 is 2.53 bits per heavy atom. The van der Waals surface area contributed by atoms with Crippen LogP contribution in [-0.2, 0) is 24.4 Å². The van der Waals surface area contributed by atoms with Gasteiger partial charge in [-0.3, -0.25) is 24.0 Å². The van der Waals surface area contributed by atoms with Crippen LogP contribution in [0.3, 0.4) is 0 Å². The quantitative estimate of drug-likeness (QED) is 0.278. The maximum absolute atomic E-state index is 17.1. The van der Waals surface area contributed by atoms with E-state index in [0.29, 0.717) is 65.8 Å². The highest BCUT2D eigenvalue weighted by atomic mass is 32.2. The van der Waals surface area contributed by atoms with Gasteiger partial charge in [-0.2, -0.15) is 0 Å². The number of aromatic nitrogens is 1. The number of benzene rings is 1. The lowest BCUT2D eigenvalue weighted by Crippen LogP contribution is -2.59. The van der Waals surface area contributed by atoms with Gasteiger partial charge in [0, 0.05) is 42.2 Å². The average molecular weight is 838 g/mol. The highest BCUT2D eigenvalue weighted by Crippen LogP contribution is 2.55. The number of allylic oxidation sites excluding steroid dienone is 1. The van der Waals surface area contributed by atoms with Crippen molar-refractivity contribution in [2.75, 3.05) is 20.2 Å². The molecule has 1 aromatic heterocycles. The second-order valence-electron chi connectivity index (χ2n) is 19.2. The average Bonchev–Trinajstić information content (AvgIpc) is 4.10. The van der Waals surface area contributed by atoms with Gasteiger partial charge < -0.3 is 24.8 Å². The molecule has 14 nitrogen and oxygen atoms in total. The zero-order chi connectivity index (χ0) is 42.3. The Bertz CT molecular complexity index is 2220. The summed E-state index contributed by atoms with van der Waals surface area (Å²) in [4.78, 5) is 64.4. The molecule has 1 aromatic carbocycles. The van der Waals surface area contributed by atoms with Gasteiger partial charge in [0.2, 0.25) is 21.8 Å². The number of carboxylic acid groups (broad SMARTS) is 1. The van der Waals surface area contributed by atoms with Gasteiger partial charge in [-0.1, -0.05) is 45.8 Å². The Labute approximate surface area is 344 Å². The van der Waals surface area contributed by atoms with Crippen molar-refractivity contribution in [1.29, 1.82) is 0 Å². The van der Waals surface area contributed by atoms with E-state index in [0.717, 1.165) is 24.2 Å². The zero-order valence-electron chi connectivity index (χ0n) is 34.5. The number of nitrogens with zero attached hydrogens (tertiary/aromatic N) is 3. The number of sulfonamides is 1. The van der Waals surface area contributed by atoms with Crippen LogP contribution >= 0.6 is 0 Å². The van der Waals surface area contributed by atoms with E-state index in [-0.39, 0.29) is 44.7 Å². The molecule has 3 aliphatic carbocycles. The van der Waals surface area contributed by atoms with Crippen LogP contribution in [0.1, 0.15) is 128 Å². The van der Waals surface area contributed by atoms with E-state index in [1.807, 2.05) is 32.9 Å². The molecule has 0 radical (unpaired) electrons. The number of hydrogen-bond donors (Lipinski definition) is 3. The third-order valence-corrected chi connectivity index (χ3v) is 15.4. The fraction of sp³-hybridized carbons (Fsp3) is 0.651. The van der Waals surface area contributed by atoms with Gasteiger partial charge in [0.25, 0.3) is 5.91 Å². The topological polar surface area (TPSA) is 185 Å². The van der Waals surface area contributed by atoms with Crippen molar-refractivity contribution in [3.8, 4) is 11.5 Å². The van der Waals surface area contributed by atoms with E-state index in [4.69, 9.17) is 14.5 Å². The summed E-state index contributed by atoms with van der Waals surface area (Å²) in [5, 5.41) is 14.0. The smallest absolute Gasteiger partial charge is 0.407 e. The largest absolute Gasteiger partial charge is 0.497 e. The predicted octanol–water partition coefficient (Wildman–Crippen LogP) is 6.04. The molecular weight excluding hydrogens is 782 g/mol. The molecule has 320 valence electrons. The summed E-state index contributed by atoms with van der Waals surface area (Å²) in [6.07, 6.45) is 5.98. The third-order valence-electron chi connectivity index (χ3n) is 13.2. The molecule has 8 rings (SSSR count). The molecule has 1 spiro atoms. The molecule has 59 heavy (non-hydrogen) atoms. The minimum atomic E-state index is -4.06. The van der Waals surface area contributed by atoms with Crippen molar-refractivity contribution in [2.24, 2.45) is 11.3 Å². The standard InChI is InChI=1S/C43H56FN5O9S/c1-40(2,3)23-49(39(53)54)31-12-10-8-6-7-9-11-26-20-43(26,38(52)47-59(55,56)41(4)17-18-41)46-36(50)32-22-42(24-48(32)37(31)51)21-29(44)33-28-19-27(57-5)15-16-30(28)45-34(25-13-14-25)35(33)58-42/h9,11,15-16,19,25-26,29,31-32H,6-8,10,12-14,17-18,20-24H2,1-5H3,(H,46,50)(H,47,52)(H,53,54)/b11-9-/t26-,29-,31+,32+,42-,43-/m1/s1. The Morgan fingerprint density at radius 2 is 1.86 bits per heavy atom. The molecule has 4 fully saturated rings. The highest BCUT2D eigenvalue weighted by Gasteiger charge is 2.64. The molecule has 3 aliphatic heterocycles. The number of halogens is 1. The lowest BCUT2D eigenvalue weighted by molar-refractivity contribution is -0.143. The van der Waals surface area contributed by atoms with Gasteiger partial charge >= 0.3 is 6.09 Å². The molecule has 4 heterocycles. The van der Waals surface area contributed by atoms with Crippen LogP contribution in [0.4, 0.5) is 9.18 Å². The van der Waals surface area contributed by atoms with Crippen LogP contribution in [0.2, 0.25) is 0 Å². The van der Waals surface area contributed by atoms with Gasteiger partial charge in [-0.05, 0) is 81.9 Å². The summed E-state index contributed by atoms with van der Waals surface area (Å²) in [6, 6.07) is 2.83. The first-order valence-corrected chi connectivity index (χ1v) is 22.5. The monoisotopic (exact) mass is 837 g/mol.